The Kier molecular flexibility index (Phi) is 7.63. The van der Waals surface area contributed by atoms with Crippen molar-refractivity contribution < 1.29 is 0 Å². The third-order valence-electron chi connectivity index (χ3n) is 14.0. The van der Waals surface area contributed by atoms with E-state index in [-0.39, 0.29) is 0 Å². The molecule has 67 heavy (non-hydrogen) atoms. The molecule has 4 aromatic heterocycles. The minimum absolute atomic E-state index is 0.862. The summed E-state index contributed by atoms with van der Waals surface area (Å²) in [7, 11) is 0. The van der Waals surface area contributed by atoms with E-state index in [0.29, 0.717) is 0 Å². The van der Waals surface area contributed by atoms with Crippen LogP contribution in [-0.4, -0.2) is 19.1 Å². The average Bonchev–Trinajstić information content (AvgIpc) is 4.03. The molecule has 0 spiro atoms. The zero-order valence-corrected chi connectivity index (χ0v) is 36.8. The number of benzene rings is 11. The molecule has 15 rings (SSSR count). The third-order valence-corrected chi connectivity index (χ3v) is 15.1. The lowest BCUT2D eigenvalue weighted by atomic mass is 9.98. The lowest BCUT2D eigenvalue weighted by Crippen LogP contribution is -1.99. The van der Waals surface area contributed by atoms with Gasteiger partial charge in [-0.3, -0.25) is 0 Å². The normalized spacial score (nSPS) is 12.2. The molecule has 11 aromatic carbocycles. The van der Waals surface area contributed by atoms with E-state index >= 15 is 0 Å². The van der Waals surface area contributed by atoms with E-state index in [1.165, 1.54) is 79.7 Å². The summed E-state index contributed by atoms with van der Waals surface area (Å²) in [5, 5.41) is 14.7. The number of thiophene rings is 1. The number of para-hydroxylation sites is 4. The summed E-state index contributed by atoms with van der Waals surface area (Å²) in [6, 6.07) is 79.8. The molecule has 0 saturated heterocycles. The molecule has 0 atom stereocenters. The first-order valence-electron chi connectivity index (χ1n) is 22.8. The highest BCUT2D eigenvalue weighted by molar-refractivity contribution is 7.25. The number of fused-ring (bicyclic) bond motifs is 13. The molecule has 0 aliphatic carbocycles. The molecule has 15 aromatic rings. The van der Waals surface area contributed by atoms with E-state index in [0.717, 1.165) is 61.3 Å². The van der Waals surface area contributed by atoms with Gasteiger partial charge in [-0.2, -0.15) is 0 Å². The molecule has 4 heterocycles. The molecule has 5 heteroatoms. The van der Waals surface area contributed by atoms with Crippen LogP contribution in [0.3, 0.4) is 0 Å². The molecule has 0 aliphatic heterocycles. The van der Waals surface area contributed by atoms with Crippen molar-refractivity contribution in [3.63, 3.8) is 0 Å². The van der Waals surface area contributed by atoms with Crippen molar-refractivity contribution in [1.82, 2.24) is 19.1 Å². The molecule has 4 nitrogen and oxygen atoms in total. The molecule has 0 unspecified atom stereocenters. The first-order valence-corrected chi connectivity index (χ1v) is 23.6. The van der Waals surface area contributed by atoms with Crippen molar-refractivity contribution in [2.24, 2.45) is 0 Å². The van der Waals surface area contributed by atoms with Crippen molar-refractivity contribution >= 4 is 118 Å². The van der Waals surface area contributed by atoms with Gasteiger partial charge in [0.25, 0.3) is 0 Å². The van der Waals surface area contributed by atoms with Crippen LogP contribution in [-0.2, 0) is 0 Å². The van der Waals surface area contributed by atoms with Crippen LogP contribution in [0, 0.1) is 0 Å². The molecule has 0 saturated carbocycles. The maximum atomic E-state index is 5.46. The highest BCUT2D eigenvalue weighted by Gasteiger charge is 2.21. The predicted molar refractivity (Wildman–Crippen MR) is 284 cm³/mol. The van der Waals surface area contributed by atoms with Crippen molar-refractivity contribution in [3.05, 3.63) is 218 Å². The van der Waals surface area contributed by atoms with Crippen molar-refractivity contribution in [3.8, 4) is 33.9 Å². The van der Waals surface area contributed by atoms with E-state index < -0.39 is 0 Å². The van der Waals surface area contributed by atoms with Crippen LogP contribution in [0.2, 0.25) is 0 Å². The van der Waals surface area contributed by atoms with Crippen LogP contribution in [0.15, 0.2) is 218 Å². The Balaban J connectivity index is 0.976. The Labute approximate surface area is 387 Å². The van der Waals surface area contributed by atoms with Gasteiger partial charge >= 0.3 is 0 Å². The van der Waals surface area contributed by atoms with E-state index in [2.05, 4.69) is 215 Å². The maximum Gasteiger partial charge on any atom is 0.0974 e. The SMILES string of the molecule is c1ccc2cc3c(cc2c1)c1ccccc1n3-c1ccc2cc3c4ccccc4n(-c4cc(-c5nc6ccccc6nc5-c5ccc6c(c5)sc5ccccc56)cc5ccccc45)c3cc2c1. The van der Waals surface area contributed by atoms with Gasteiger partial charge in [-0.25, -0.2) is 9.97 Å². The van der Waals surface area contributed by atoms with Crippen LogP contribution in [0.1, 0.15) is 0 Å². The molecule has 0 bridgehead atoms. The molecule has 0 fully saturated rings. The van der Waals surface area contributed by atoms with Crippen LogP contribution < -0.4 is 0 Å². The first kappa shape index (κ1) is 36.7. The molecular weight excluding hydrogens is 833 g/mol. The van der Waals surface area contributed by atoms with Gasteiger partial charge in [0.05, 0.1) is 50.2 Å². The topological polar surface area (TPSA) is 35.6 Å². The van der Waals surface area contributed by atoms with E-state index in [1.807, 2.05) is 23.5 Å². The number of hydrogen-bond acceptors (Lipinski definition) is 3. The predicted octanol–water partition coefficient (Wildman–Crippen LogP) is 17.0. The largest absolute Gasteiger partial charge is 0.309 e. The summed E-state index contributed by atoms with van der Waals surface area (Å²) in [5.41, 5.74) is 12.5. The number of rotatable bonds is 4. The summed E-state index contributed by atoms with van der Waals surface area (Å²) in [6.07, 6.45) is 0. The number of nitrogens with zero attached hydrogens (tertiary/aromatic N) is 4. The second-order valence-corrected chi connectivity index (χ2v) is 18.8. The standard InChI is InChI=1S/C62H36N4S/c1-2-14-38-33-57-50(31-37(38)13-1)46-17-5-10-22-54(46)65(57)44-27-25-39-32-51-47-18-6-11-23-55(47)66(58(51)34-42(39)30-44)56-35-43(29-40-15-3-4-16-45(40)56)62-61(63-52-20-8-9-21-53(52)64-62)41-26-28-49-48-19-7-12-24-59(48)67-60(49)36-41/h1-36H. The van der Waals surface area contributed by atoms with Crippen LogP contribution >= 0.6 is 11.3 Å². The second-order valence-electron chi connectivity index (χ2n) is 17.8. The quantitative estimate of drug-likeness (QED) is 0.177. The zero-order chi connectivity index (χ0) is 43.7. The number of hydrogen-bond donors (Lipinski definition) is 0. The third kappa shape index (κ3) is 5.46. The van der Waals surface area contributed by atoms with Gasteiger partial charge < -0.3 is 9.13 Å². The summed E-state index contributed by atoms with van der Waals surface area (Å²) in [5.74, 6) is 0. The highest BCUT2D eigenvalue weighted by Crippen LogP contribution is 2.43. The Morgan fingerprint density at radius 3 is 1.61 bits per heavy atom. The van der Waals surface area contributed by atoms with Crippen LogP contribution in [0.25, 0.3) is 141 Å². The fraction of sp³-hybridized carbons (Fsp3) is 0. The van der Waals surface area contributed by atoms with Gasteiger partial charge in [0.15, 0.2) is 0 Å². The Bertz CT molecular complexity index is 4590. The molecule has 310 valence electrons. The van der Waals surface area contributed by atoms with Gasteiger partial charge in [0, 0.05) is 63.9 Å². The Hall–Kier alpha value is -8.64. The van der Waals surface area contributed by atoms with Crippen molar-refractivity contribution in [2.45, 2.75) is 0 Å². The van der Waals surface area contributed by atoms with E-state index in [4.69, 9.17) is 9.97 Å². The molecule has 0 N–H and O–H groups in total. The fourth-order valence-corrected chi connectivity index (χ4v) is 12.1. The van der Waals surface area contributed by atoms with Gasteiger partial charge in [-0.05, 0) is 112 Å². The van der Waals surface area contributed by atoms with E-state index in [9.17, 15) is 0 Å². The molecule has 0 aliphatic rings. The zero-order valence-electron chi connectivity index (χ0n) is 36.0. The van der Waals surface area contributed by atoms with Gasteiger partial charge in [-0.1, -0.05) is 133 Å². The first-order chi connectivity index (χ1) is 33.2. The Morgan fingerprint density at radius 1 is 0.299 bits per heavy atom. The van der Waals surface area contributed by atoms with E-state index in [1.54, 1.807) is 0 Å². The molecular formula is C62H36N4S. The number of aromatic nitrogens is 4. The lowest BCUT2D eigenvalue weighted by Gasteiger charge is -2.16. The molecule has 0 amide bonds. The Morgan fingerprint density at radius 2 is 0.851 bits per heavy atom. The lowest BCUT2D eigenvalue weighted by molar-refractivity contribution is 1.19. The van der Waals surface area contributed by atoms with Gasteiger partial charge in [0.1, 0.15) is 0 Å². The van der Waals surface area contributed by atoms with Crippen LogP contribution in [0.4, 0.5) is 0 Å². The minimum Gasteiger partial charge on any atom is -0.309 e. The summed E-state index contributed by atoms with van der Waals surface area (Å²) in [6.45, 7) is 0. The highest BCUT2D eigenvalue weighted by atomic mass is 32.1. The molecule has 0 radical (unpaired) electrons. The summed E-state index contributed by atoms with van der Waals surface area (Å²) in [4.78, 5) is 10.9. The minimum atomic E-state index is 0.862. The van der Waals surface area contributed by atoms with Gasteiger partial charge in [-0.15, -0.1) is 11.3 Å². The maximum absolute atomic E-state index is 5.46. The smallest absolute Gasteiger partial charge is 0.0974 e. The average molecular weight is 869 g/mol. The summed E-state index contributed by atoms with van der Waals surface area (Å²) < 4.78 is 7.45. The summed E-state index contributed by atoms with van der Waals surface area (Å²) >= 11 is 1.83. The van der Waals surface area contributed by atoms with Gasteiger partial charge in [0.2, 0.25) is 0 Å². The van der Waals surface area contributed by atoms with Crippen molar-refractivity contribution in [1.29, 1.82) is 0 Å². The second kappa shape index (κ2) is 13.9. The van der Waals surface area contributed by atoms with Crippen molar-refractivity contribution in [2.75, 3.05) is 0 Å². The monoisotopic (exact) mass is 868 g/mol. The fourth-order valence-electron chi connectivity index (χ4n) is 10.9. The van der Waals surface area contributed by atoms with Crippen LogP contribution in [0.5, 0.6) is 0 Å².